The molecule has 0 amide bonds. The summed E-state index contributed by atoms with van der Waals surface area (Å²) in [5.74, 6) is 2.25. The van der Waals surface area contributed by atoms with Gasteiger partial charge in [0.15, 0.2) is 0 Å². The number of methoxy groups -OCH3 is 1. The molecule has 4 rings (SSSR count). The maximum Gasteiger partial charge on any atom is 0.201 e. The molecule has 3 aromatic rings. The molecule has 0 atom stereocenters. The number of nitrogens with zero attached hydrogens (tertiary/aromatic N) is 1. The van der Waals surface area contributed by atoms with Crippen molar-refractivity contribution in [3.05, 3.63) is 52.3 Å². The molecule has 0 fully saturated rings. The first-order chi connectivity index (χ1) is 17.0. The molecule has 0 N–H and O–H groups in total. The molecule has 2 aromatic carbocycles. The number of hydrogen-bond acceptors (Lipinski definition) is 4. The third-order valence-corrected chi connectivity index (χ3v) is 6.91. The zero-order valence-corrected chi connectivity index (χ0v) is 23.2. The lowest BCUT2D eigenvalue weighted by Gasteiger charge is -2.43. The van der Waals surface area contributed by atoms with Crippen LogP contribution in [0.25, 0.3) is 22.0 Å². The number of hydrogen-bond donors (Lipinski definition) is 0. The Morgan fingerprint density at radius 3 is 2.31 bits per heavy atom. The third-order valence-electron chi connectivity index (χ3n) is 6.91. The van der Waals surface area contributed by atoms with Crippen LogP contribution in [-0.4, -0.2) is 24.9 Å². The van der Waals surface area contributed by atoms with Crippen molar-refractivity contribution in [3.63, 3.8) is 0 Å². The van der Waals surface area contributed by atoms with Crippen LogP contribution in [0.5, 0.6) is 17.2 Å². The molecule has 0 unspecified atom stereocenters. The lowest BCUT2D eigenvalue weighted by Crippen LogP contribution is -2.36. The number of rotatable bonds is 6. The molecular formula is C31H41NO4. The van der Waals surface area contributed by atoms with Crippen LogP contribution in [-0.2, 0) is 6.42 Å². The van der Waals surface area contributed by atoms with E-state index >= 15 is 0 Å². The molecule has 0 saturated carbocycles. The van der Waals surface area contributed by atoms with Gasteiger partial charge in [0.1, 0.15) is 17.2 Å². The molecule has 1 aliphatic heterocycles. The predicted molar refractivity (Wildman–Crippen MR) is 148 cm³/mol. The minimum absolute atomic E-state index is 0.0203. The molecule has 1 aromatic heterocycles. The number of aryl methyl sites for hydroxylation is 1. The van der Waals surface area contributed by atoms with Crippen molar-refractivity contribution < 1.29 is 14.2 Å². The molecule has 5 nitrogen and oxygen atoms in total. The monoisotopic (exact) mass is 491 g/mol. The summed E-state index contributed by atoms with van der Waals surface area (Å²) in [6.07, 6.45) is 4.75. The second kappa shape index (κ2) is 9.84. The van der Waals surface area contributed by atoms with E-state index in [4.69, 9.17) is 14.2 Å². The van der Waals surface area contributed by atoms with Gasteiger partial charge in [0.05, 0.1) is 31.2 Å². The number of ether oxygens (including phenoxy) is 3. The minimum atomic E-state index is -0.0871. The summed E-state index contributed by atoms with van der Waals surface area (Å²) in [4.78, 5) is 14.3. The van der Waals surface area contributed by atoms with E-state index in [2.05, 4.69) is 59.1 Å². The highest BCUT2D eigenvalue weighted by atomic mass is 16.5. The standard InChI is InChI=1S/C31H41NO4/c1-9-16-35-24-18-21-11-10-17-36-28(21)25-26(24)32(29(30(2,3)4)31(5,6)7)19-23(27(25)33)20-12-14-22(34-8)15-13-20/h12-15,18-19,29H,9-11,16-17H2,1-8H3. The van der Waals surface area contributed by atoms with Crippen molar-refractivity contribution in [3.8, 4) is 28.4 Å². The van der Waals surface area contributed by atoms with Gasteiger partial charge in [-0.05, 0) is 59.4 Å². The Morgan fingerprint density at radius 1 is 1.06 bits per heavy atom. The fourth-order valence-corrected chi connectivity index (χ4v) is 5.97. The summed E-state index contributed by atoms with van der Waals surface area (Å²) >= 11 is 0. The van der Waals surface area contributed by atoms with Crippen LogP contribution in [0.2, 0.25) is 0 Å². The first-order valence-electron chi connectivity index (χ1n) is 13.1. The largest absolute Gasteiger partial charge is 0.497 e. The lowest BCUT2D eigenvalue weighted by atomic mass is 9.71. The first-order valence-corrected chi connectivity index (χ1v) is 13.1. The fourth-order valence-electron chi connectivity index (χ4n) is 5.97. The molecule has 0 bridgehead atoms. The van der Waals surface area contributed by atoms with Crippen molar-refractivity contribution >= 4 is 10.9 Å². The van der Waals surface area contributed by atoms with Gasteiger partial charge in [-0.25, -0.2) is 0 Å². The Hall–Kier alpha value is -2.95. The van der Waals surface area contributed by atoms with E-state index in [-0.39, 0.29) is 22.3 Å². The number of pyridine rings is 1. The maximum absolute atomic E-state index is 14.3. The molecule has 194 valence electrons. The van der Waals surface area contributed by atoms with Crippen molar-refractivity contribution in [2.45, 2.75) is 73.8 Å². The Bertz CT molecular complexity index is 1280. The summed E-state index contributed by atoms with van der Waals surface area (Å²) in [7, 11) is 1.65. The Morgan fingerprint density at radius 2 is 1.72 bits per heavy atom. The van der Waals surface area contributed by atoms with Crippen LogP contribution in [0.1, 0.15) is 72.9 Å². The highest BCUT2D eigenvalue weighted by Crippen LogP contribution is 2.48. The quantitative estimate of drug-likeness (QED) is 0.360. The van der Waals surface area contributed by atoms with Gasteiger partial charge in [-0.1, -0.05) is 60.6 Å². The van der Waals surface area contributed by atoms with Gasteiger partial charge in [0.2, 0.25) is 5.43 Å². The first kappa shape index (κ1) is 26.1. The summed E-state index contributed by atoms with van der Waals surface area (Å²) in [6, 6.07) is 9.91. The second-order valence-corrected chi connectivity index (χ2v) is 12.0. The lowest BCUT2D eigenvalue weighted by molar-refractivity contribution is 0.114. The molecule has 5 heteroatoms. The fraction of sp³-hybridized carbons (Fsp3) is 0.516. The Balaban J connectivity index is 2.17. The highest BCUT2D eigenvalue weighted by Gasteiger charge is 2.38. The smallest absolute Gasteiger partial charge is 0.201 e. The molecular weight excluding hydrogens is 450 g/mol. The normalized spacial score (nSPS) is 14.0. The van der Waals surface area contributed by atoms with Crippen molar-refractivity contribution in [2.24, 2.45) is 10.8 Å². The average Bonchev–Trinajstić information content (AvgIpc) is 2.82. The van der Waals surface area contributed by atoms with Crippen molar-refractivity contribution in [2.75, 3.05) is 20.3 Å². The molecule has 0 radical (unpaired) electrons. The average molecular weight is 492 g/mol. The van der Waals surface area contributed by atoms with E-state index in [0.717, 1.165) is 53.2 Å². The zero-order valence-electron chi connectivity index (χ0n) is 23.2. The third kappa shape index (κ3) is 4.85. The summed E-state index contributed by atoms with van der Waals surface area (Å²) in [5, 5.41) is 0.630. The van der Waals surface area contributed by atoms with Gasteiger partial charge in [0.25, 0.3) is 0 Å². The molecule has 0 spiro atoms. The van der Waals surface area contributed by atoms with E-state index in [0.29, 0.717) is 24.2 Å². The molecule has 2 heterocycles. The van der Waals surface area contributed by atoms with Gasteiger partial charge in [-0.3, -0.25) is 4.79 Å². The van der Waals surface area contributed by atoms with Crippen LogP contribution in [0.15, 0.2) is 41.3 Å². The molecule has 0 aliphatic carbocycles. The second-order valence-electron chi connectivity index (χ2n) is 12.0. The molecule has 0 saturated heterocycles. The van der Waals surface area contributed by atoms with Gasteiger partial charge < -0.3 is 18.8 Å². The summed E-state index contributed by atoms with van der Waals surface area (Å²) < 4.78 is 20.2. The zero-order chi connectivity index (χ0) is 26.3. The van der Waals surface area contributed by atoms with Crippen molar-refractivity contribution in [1.82, 2.24) is 4.57 Å². The van der Waals surface area contributed by atoms with Crippen LogP contribution >= 0.6 is 0 Å². The van der Waals surface area contributed by atoms with Crippen LogP contribution in [0, 0.1) is 10.8 Å². The van der Waals surface area contributed by atoms with E-state index in [1.807, 2.05) is 30.5 Å². The minimum Gasteiger partial charge on any atom is -0.497 e. The van der Waals surface area contributed by atoms with Gasteiger partial charge in [-0.2, -0.15) is 0 Å². The van der Waals surface area contributed by atoms with Crippen LogP contribution in [0.4, 0.5) is 0 Å². The number of fused-ring (bicyclic) bond motifs is 3. The molecule has 36 heavy (non-hydrogen) atoms. The Labute approximate surface area is 215 Å². The predicted octanol–water partition coefficient (Wildman–Crippen LogP) is 7.42. The van der Waals surface area contributed by atoms with E-state index in [1.54, 1.807) is 7.11 Å². The number of aromatic nitrogens is 1. The number of benzene rings is 2. The van der Waals surface area contributed by atoms with Crippen LogP contribution < -0.4 is 19.6 Å². The SMILES string of the molecule is CCCOc1cc2c(c3c(=O)c(-c4ccc(OC)cc4)cn(C(C(C)(C)C)C(C)(C)C)c13)OCCC2. The molecule has 1 aliphatic rings. The Kier molecular flexibility index (Phi) is 7.14. The topological polar surface area (TPSA) is 49.7 Å². The van der Waals surface area contributed by atoms with Gasteiger partial charge >= 0.3 is 0 Å². The summed E-state index contributed by atoms with van der Waals surface area (Å²) in [6.45, 7) is 16.9. The van der Waals surface area contributed by atoms with Crippen molar-refractivity contribution in [1.29, 1.82) is 0 Å². The van der Waals surface area contributed by atoms with Gasteiger partial charge in [-0.15, -0.1) is 0 Å². The van der Waals surface area contributed by atoms with E-state index in [9.17, 15) is 4.79 Å². The van der Waals surface area contributed by atoms with Crippen LogP contribution in [0.3, 0.4) is 0 Å². The van der Waals surface area contributed by atoms with E-state index < -0.39 is 0 Å². The van der Waals surface area contributed by atoms with E-state index in [1.165, 1.54) is 0 Å². The van der Waals surface area contributed by atoms with Gasteiger partial charge in [0, 0.05) is 17.8 Å². The highest BCUT2D eigenvalue weighted by molar-refractivity contribution is 5.95. The maximum atomic E-state index is 14.3. The summed E-state index contributed by atoms with van der Waals surface area (Å²) in [5.41, 5.74) is 3.22.